The van der Waals surface area contributed by atoms with Crippen molar-refractivity contribution in [3.8, 4) is 16.8 Å². The molecule has 5 aromatic heterocycles. The Labute approximate surface area is 264 Å². The summed E-state index contributed by atoms with van der Waals surface area (Å²) >= 11 is 1.90. The van der Waals surface area contributed by atoms with Gasteiger partial charge in [-0.15, -0.1) is 11.3 Å². The number of aromatic nitrogens is 2. The van der Waals surface area contributed by atoms with Crippen molar-refractivity contribution in [2.75, 3.05) is 0 Å². The Morgan fingerprint density at radius 2 is 1.30 bits per heavy atom. The molecular weight excluding hydrogens is 583 g/mol. The van der Waals surface area contributed by atoms with E-state index < -0.39 is 0 Å². The predicted octanol–water partition coefficient (Wildman–Crippen LogP) is 9.70. The lowest BCUT2D eigenvalue weighted by Gasteiger charge is -2.33. The van der Waals surface area contributed by atoms with E-state index >= 15 is 0 Å². The number of thiophene rings is 1. The zero-order chi connectivity index (χ0) is 29.4. The van der Waals surface area contributed by atoms with Gasteiger partial charge in [-0.2, -0.15) is 0 Å². The lowest BCUT2D eigenvalue weighted by atomic mass is 9.45. The molecule has 0 radical (unpaired) electrons. The molecule has 0 saturated heterocycles. The maximum Gasteiger partial charge on any atom is 0.336 e. The maximum absolute atomic E-state index is 6.82. The van der Waals surface area contributed by atoms with Gasteiger partial charge in [-0.3, -0.25) is 0 Å². The van der Waals surface area contributed by atoms with Gasteiger partial charge in [0.25, 0.3) is 0 Å². The van der Waals surface area contributed by atoms with Gasteiger partial charge >= 0.3 is 6.85 Å². The molecule has 46 heavy (non-hydrogen) atoms. The Morgan fingerprint density at radius 1 is 0.565 bits per heavy atom. The molecule has 6 aromatic carbocycles. The summed E-state index contributed by atoms with van der Waals surface area (Å²) in [5.74, 6) is 0. The summed E-state index contributed by atoms with van der Waals surface area (Å²) < 4.78 is 21.2. The van der Waals surface area contributed by atoms with E-state index in [1.54, 1.807) is 0 Å². The summed E-state index contributed by atoms with van der Waals surface area (Å²) in [4.78, 5) is 0. The molecule has 0 amide bonds. The SMILES string of the molecule is c1ccc2c(c1)oc1c2c2cccc3c2n1B1c2c-3cc3c(sc4ccccc43)c2-n2c3c1cccc3c1oc3ccccc3c12. The van der Waals surface area contributed by atoms with Crippen molar-refractivity contribution in [2.24, 2.45) is 0 Å². The molecule has 6 heteroatoms. The second-order valence-corrected chi connectivity index (χ2v) is 13.8. The van der Waals surface area contributed by atoms with E-state index in [9.17, 15) is 0 Å². The second-order valence-electron chi connectivity index (χ2n) is 12.8. The van der Waals surface area contributed by atoms with Crippen molar-refractivity contribution in [1.29, 1.82) is 0 Å². The van der Waals surface area contributed by atoms with Crippen molar-refractivity contribution in [1.82, 2.24) is 9.05 Å². The van der Waals surface area contributed by atoms with E-state index in [0.29, 0.717) is 0 Å². The fraction of sp³-hybridized carbons (Fsp3) is 0. The number of fused-ring (bicyclic) bond motifs is 18. The van der Waals surface area contributed by atoms with Crippen LogP contribution in [-0.2, 0) is 0 Å². The van der Waals surface area contributed by atoms with Crippen LogP contribution in [0.5, 0.6) is 0 Å². The van der Waals surface area contributed by atoms with E-state index in [1.165, 1.54) is 69.7 Å². The van der Waals surface area contributed by atoms with Crippen LogP contribution in [0.3, 0.4) is 0 Å². The van der Waals surface area contributed by atoms with Gasteiger partial charge in [0, 0.05) is 48.1 Å². The molecule has 7 heterocycles. The highest BCUT2D eigenvalue weighted by atomic mass is 32.1. The normalized spacial score (nSPS) is 13.6. The zero-order valence-corrected chi connectivity index (χ0v) is 25.0. The van der Waals surface area contributed by atoms with Crippen LogP contribution >= 0.6 is 11.3 Å². The van der Waals surface area contributed by atoms with Gasteiger partial charge in [-0.25, -0.2) is 0 Å². The van der Waals surface area contributed by atoms with Gasteiger partial charge in [0.05, 0.1) is 21.3 Å². The third-order valence-corrected chi connectivity index (χ3v) is 11.9. The molecular formula is C40H19BN2O2S. The molecule has 0 N–H and O–H groups in total. The molecule has 2 aliphatic rings. The number of benzene rings is 6. The second kappa shape index (κ2) is 7.39. The summed E-state index contributed by atoms with van der Waals surface area (Å²) in [5, 5.41) is 8.51. The van der Waals surface area contributed by atoms with E-state index in [0.717, 1.165) is 44.1 Å². The third kappa shape index (κ3) is 2.33. The van der Waals surface area contributed by atoms with Crippen molar-refractivity contribution < 1.29 is 8.83 Å². The van der Waals surface area contributed by atoms with Crippen LogP contribution in [0.25, 0.3) is 103 Å². The van der Waals surface area contributed by atoms with Gasteiger partial charge in [0.1, 0.15) is 16.7 Å². The lowest BCUT2D eigenvalue weighted by molar-refractivity contribution is 0.651. The summed E-state index contributed by atoms with van der Waals surface area (Å²) in [6.45, 7) is -0.0588. The summed E-state index contributed by atoms with van der Waals surface area (Å²) in [6, 6.07) is 41.8. The van der Waals surface area contributed by atoms with Crippen molar-refractivity contribution >= 4 is 115 Å². The monoisotopic (exact) mass is 602 g/mol. The molecule has 13 rings (SSSR count). The van der Waals surface area contributed by atoms with Gasteiger partial charge in [-0.1, -0.05) is 78.9 Å². The number of nitrogens with zero attached hydrogens (tertiary/aromatic N) is 2. The predicted molar refractivity (Wildman–Crippen MR) is 192 cm³/mol. The molecule has 11 aromatic rings. The highest BCUT2D eigenvalue weighted by molar-refractivity contribution is 7.26. The first-order valence-electron chi connectivity index (χ1n) is 15.7. The molecule has 4 nitrogen and oxygen atoms in total. The quantitative estimate of drug-likeness (QED) is 0.162. The molecule has 0 spiro atoms. The molecule has 0 saturated carbocycles. The Hall–Kier alpha value is -5.72. The first-order chi connectivity index (χ1) is 22.8. The summed E-state index contributed by atoms with van der Waals surface area (Å²) in [6.07, 6.45) is 0. The number of hydrogen-bond acceptors (Lipinski definition) is 3. The minimum absolute atomic E-state index is 0.0588. The largest absolute Gasteiger partial charge is 0.454 e. The number of hydrogen-bond donors (Lipinski definition) is 0. The van der Waals surface area contributed by atoms with Gasteiger partial charge in [-0.05, 0) is 52.9 Å². The molecule has 0 unspecified atom stereocenters. The molecule has 0 bridgehead atoms. The molecule has 210 valence electrons. The van der Waals surface area contributed by atoms with Gasteiger partial charge in [0.2, 0.25) is 0 Å². The molecule has 0 fully saturated rings. The maximum atomic E-state index is 6.82. The average Bonchev–Trinajstić information content (AvgIpc) is 3.89. The fourth-order valence-electron chi connectivity index (χ4n) is 9.02. The molecule has 0 aliphatic carbocycles. The Bertz CT molecular complexity index is 3220. The fourth-order valence-corrected chi connectivity index (χ4v) is 10.3. The van der Waals surface area contributed by atoms with Crippen LogP contribution in [0.2, 0.25) is 0 Å². The summed E-state index contributed by atoms with van der Waals surface area (Å²) in [5.41, 5.74) is 13.8. The van der Waals surface area contributed by atoms with Crippen molar-refractivity contribution in [3.63, 3.8) is 0 Å². The minimum Gasteiger partial charge on any atom is -0.454 e. The highest BCUT2D eigenvalue weighted by Gasteiger charge is 2.44. The van der Waals surface area contributed by atoms with Crippen molar-refractivity contribution in [3.05, 3.63) is 115 Å². The van der Waals surface area contributed by atoms with Gasteiger partial charge in [0.15, 0.2) is 11.3 Å². The van der Waals surface area contributed by atoms with E-state index in [2.05, 4.69) is 124 Å². The van der Waals surface area contributed by atoms with Crippen molar-refractivity contribution in [2.45, 2.75) is 0 Å². The topological polar surface area (TPSA) is 36.1 Å². The van der Waals surface area contributed by atoms with E-state index in [4.69, 9.17) is 8.83 Å². The smallest absolute Gasteiger partial charge is 0.336 e. The molecule has 0 atom stereocenters. The first-order valence-corrected chi connectivity index (χ1v) is 16.5. The minimum atomic E-state index is -0.0588. The lowest BCUT2D eigenvalue weighted by Crippen LogP contribution is -2.55. The zero-order valence-electron chi connectivity index (χ0n) is 24.2. The van der Waals surface area contributed by atoms with E-state index in [1.807, 2.05) is 11.3 Å². The first kappa shape index (κ1) is 22.7. The Balaban J connectivity index is 1.35. The summed E-state index contributed by atoms with van der Waals surface area (Å²) in [7, 11) is 0. The number of furan rings is 2. The van der Waals surface area contributed by atoms with E-state index in [-0.39, 0.29) is 6.85 Å². The van der Waals surface area contributed by atoms with Crippen LogP contribution in [0, 0.1) is 0 Å². The van der Waals surface area contributed by atoms with Crippen LogP contribution in [-0.4, -0.2) is 15.9 Å². The average molecular weight is 602 g/mol. The van der Waals surface area contributed by atoms with Gasteiger partial charge < -0.3 is 17.9 Å². The standard InChI is InChI=1S/C40H19BN2O2S/c1-4-16-29-22(10-1)32-24-13-7-12-21-26-19-27-20-9-3-6-18-31(20)46-39(27)37-33(26)41(43(34(21)24)40(32)45-29)28-15-8-14-25-35(28)42(37)36-23-11-2-5-17-30(23)44-38(25)36/h1-19H. The van der Waals surface area contributed by atoms with Crippen LogP contribution in [0.15, 0.2) is 124 Å². The number of para-hydroxylation sites is 4. The Morgan fingerprint density at radius 3 is 2.22 bits per heavy atom. The van der Waals surface area contributed by atoms with Crippen LogP contribution < -0.4 is 10.9 Å². The van der Waals surface area contributed by atoms with Crippen LogP contribution in [0.1, 0.15) is 0 Å². The Kier molecular flexibility index (Phi) is 3.65. The third-order valence-electron chi connectivity index (χ3n) is 10.7. The van der Waals surface area contributed by atoms with Crippen LogP contribution in [0.4, 0.5) is 0 Å². The molecule has 2 aliphatic heterocycles. The highest BCUT2D eigenvalue weighted by Crippen LogP contribution is 2.49. The number of rotatable bonds is 0.